The molecule has 0 spiro atoms. The summed E-state index contributed by atoms with van der Waals surface area (Å²) in [6.45, 7) is 34.4. The summed E-state index contributed by atoms with van der Waals surface area (Å²) in [6, 6.07) is 47.4. The van der Waals surface area contributed by atoms with Crippen molar-refractivity contribution in [3.8, 4) is 80.8 Å². The van der Waals surface area contributed by atoms with Crippen molar-refractivity contribution in [3.05, 3.63) is 239 Å². The molecule has 0 saturated carbocycles. The van der Waals surface area contributed by atoms with Crippen LogP contribution in [0.4, 0.5) is 0 Å². The maximum Gasteiger partial charge on any atom is 0.274 e. The number of rotatable bonds is 43. The molecular weight excluding hydrogens is 1830 g/mol. The first-order valence-corrected chi connectivity index (χ1v) is 50.6. The zero-order valence-electron chi connectivity index (χ0n) is 83.1. The molecule has 4 heterocycles. The number of hydrogen-bond acceptors (Lipinski definition) is 29. The standard InChI is InChI=1S/C23H30O4.C22H27N3O5.C21H25N3O4.C21H26O6S.C20H24O6S/c1-16(2)23(25)20-13-21(26-17(3)10-11-24)15-22(14-20)27-18(4)12-19-8-6-5-7-9-19;1-14(2)21(27)16-9-17(29-15(3)5-8-26)11-18(10-16)30-20-13-23-19(12-24-20)22(28)25-6-4-7-25;1-13(2)20(25)15-8-16(27-14(3)4)10-17(9-15)28-19-12-22-18(11-23-19)21(26)24-6-5-7-24;1-14(2)21(23)16-11-18(26-15(3)9-10-22)13-19(12-16)27-17-5-7-20(8-6-17)28(4,24)25;1-13(2)20(22)15-9-17(25-14(3)12-21)11-18(10-15)26-16-5-7-19(8-6-16)27(4,23)24/h5-9,13-18,24H,10-12H2,1-4H3;9-15,26H,4-8H2,1-3H3;8-14H,5-7H2,1-4H3;5-8,11-15,22H,9-10H2,1-4H3;5-11,13-14,21H,12H2,1-4H3/t17-,18-;15-;;15-;14-/m00.00/s1. The largest absolute Gasteiger partial charge is 0.491 e. The lowest BCUT2D eigenvalue weighted by atomic mass is 10.0. The fourth-order valence-corrected chi connectivity index (χ4v) is 14.7. The number of carbonyl (C=O) groups excluding carboxylic acids is 7. The number of amides is 2. The number of ether oxygens (including phenoxy) is 10. The minimum Gasteiger partial charge on any atom is -0.491 e. The topological polar surface area (TPSA) is 419 Å². The number of sulfone groups is 2. The van der Waals surface area contributed by atoms with Crippen LogP contribution >= 0.6 is 0 Å². The monoisotopic (exact) mass is 1960 g/mol. The van der Waals surface area contributed by atoms with Gasteiger partial charge in [0, 0.05) is 172 Å². The quantitative estimate of drug-likeness (QED) is 0.0258. The summed E-state index contributed by atoms with van der Waals surface area (Å²) in [7, 11) is -6.57. The molecule has 2 aromatic heterocycles. The molecule has 10 aromatic rings. The highest BCUT2D eigenvalue weighted by Crippen LogP contribution is 2.37. The van der Waals surface area contributed by atoms with Gasteiger partial charge in [0.15, 0.2) is 48.6 Å². The van der Waals surface area contributed by atoms with Gasteiger partial charge in [0.1, 0.15) is 86.5 Å². The lowest BCUT2D eigenvalue weighted by molar-refractivity contribution is 0.0638. The molecule has 2 fully saturated rings. The van der Waals surface area contributed by atoms with Crippen LogP contribution in [0.25, 0.3) is 0 Å². The van der Waals surface area contributed by atoms with Gasteiger partial charge in [-0.2, -0.15) is 0 Å². The highest BCUT2D eigenvalue weighted by Gasteiger charge is 2.28. The van der Waals surface area contributed by atoms with E-state index in [-0.39, 0.29) is 155 Å². The third kappa shape index (κ3) is 36.3. The first kappa shape index (κ1) is 112. The fraction of sp³-hybridized carbons (Fsp3) is 0.411. The molecule has 752 valence electrons. The molecule has 2 saturated heterocycles. The molecule has 0 unspecified atom stereocenters. The Kier molecular flexibility index (Phi) is 43.2. The second kappa shape index (κ2) is 53.9. The molecule has 2 amide bonds. The summed E-state index contributed by atoms with van der Waals surface area (Å²) in [5.74, 6) is 4.84. The van der Waals surface area contributed by atoms with Gasteiger partial charge >= 0.3 is 0 Å². The Labute approximate surface area is 821 Å². The van der Waals surface area contributed by atoms with Gasteiger partial charge in [-0.15, -0.1) is 0 Å². The van der Waals surface area contributed by atoms with Crippen molar-refractivity contribution in [3.63, 3.8) is 0 Å². The molecule has 0 bridgehead atoms. The van der Waals surface area contributed by atoms with Crippen LogP contribution in [0.5, 0.6) is 80.8 Å². The van der Waals surface area contributed by atoms with Crippen molar-refractivity contribution < 1.29 is 118 Å². The van der Waals surface area contributed by atoms with Crippen LogP contribution < -0.4 is 47.4 Å². The van der Waals surface area contributed by atoms with Crippen molar-refractivity contribution in [2.24, 2.45) is 29.6 Å². The van der Waals surface area contributed by atoms with E-state index in [0.29, 0.717) is 122 Å². The third-order valence-corrected chi connectivity index (χ3v) is 23.4. The lowest BCUT2D eigenvalue weighted by Gasteiger charge is -2.30. The van der Waals surface area contributed by atoms with E-state index >= 15 is 0 Å². The number of ketones is 5. The van der Waals surface area contributed by atoms with E-state index < -0.39 is 25.8 Å². The molecule has 33 heteroatoms. The van der Waals surface area contributed by atoms with Crippen molar-refractivity contribution >= 4 is 60.4 Å². The summed E-state index contributed by atoms with van der Waals surface area (Å²) in [6.07, 6.45) is 11.0. The third-order valence-electron chi connectivity index (χ3n) is 21.1. The second-order valence-corrected chi connectivity index (χ2v) is 40.0. The Morgan fingerprint density at radius 2 is 0.586 bits per heavy atom. The predicted molar refractivity (Wildman–Crippen MR) is 531 cm³/mol. The summed E-state index contributed by atoms with van der Waals surface area (Å²) in [5.41, 5.74) is 4.23. The minimum atomic E-state index is -3.29. The van der Waals surface area contributed by atoms with E-state index in [2.05, 4.69) is 32.1 Å². The first-order valence-electron chi connectivity index (χ1n) is 46.8. The summed E-state index contributed by atoms with van der Waals surface area (Å²) >= 11 is 0. The maximum atomic E-state index is 12.5. The average Bonchev–Trinajstić information content (AvgIpc) is 0.835. The van der Waals surface area contributed by atoms with Crippen LogP contribution in [0.15, 0.2) is 204 Å². The smallest absolute Gasteiger partial charge is 0.274 e. The zero-order valence-corrected chi connectivity index (χ0v) is 84.7. The van der Waals surface area contributed by atoms with Gasteiger partial charge in [0.25, 0.3) is 11.8 Å². The number of Topliss-reactive ketones (excluding diaryl/α,β-unsaturated/α-hetero) is 5. The van der Waals surface area contributed by atoms with Crippen LogP contribution in [0, 0.1) is 29.6 Å². The van der Waals surface area contributed by atoms with E-state index in [1.807, 2.05) is 121 Å². The summed E-state index contributed by atoms with van der Waals surface area (Å²) in [4.78, 5) is 107. The van der Waals surface area contributed by atoms with E-state index in [4.69, 9.17) is 62.7 Å². The highest BCUT2D eigenvalue weighted by molar-refractivity contribution is 7.91. The number of hydrogen-bond donors (Lipinski definition) is 4. The molecule has 0 aliphatic carbocycles. The summed E-state index contributed by atoms with van der Waals surface area (Å²) in [5, 5.41) is 36.4. The maximum absolute atomic E-state index is 12.5. The minimum absolute atomic E-state index is 0.000586. The second-order valence-electron chi connectivity index (χ2n) is 35.9. The van der Waals surface area contributed by atoms with Crippen LogP contribution in [0.2, 0.25) is 0 Å². The molecule has 2 aliphatic rings. The Bertz CT molecular complexity index is 6000. The zero-order chi connectivity index (χ0) is 103. The number of benzene rings is 8. The van der Waals surface area contributed by atoms with E-state index in [9.17, 15) is 55.5 Å². The average molecular weight is 1970 g/mol. The molecule has 4 N–H and O–H groups in total. The van der Waals surface area contributed by atoms with Gasteiger partial charge in [0.05, 0.1) is 71.7 Å². The van der Waals surface area contributed by atoms with Crippen LogP contribution in [0.1, 0.15) is 228 Å². The van der Waals surface area contributed by atoms with E-state index in [1.165, 1.54) is 54.6 Å². The van der Waals surface area contributed by atoms with Crippen LogP contribution in [-0.2, 0) is 26.1 Å². The lowest BCUT2D eigenvalue weighted by Crippen LogP contribution is -2.42. The molecule has 12 rings (SSSR count). The molecule has 31 nitrogen and oxygen atoms in total. The van der Waals surface area contributed by atoms with Gasteiger partial charge < -0.3 is 77.6 Å². The Balaban J connectivity index is 0.000000215. The van der Waals surface area contributed by atoms with Gasteiger partial charge in [0.2, 0.25) is 11.8 Å². The summed E-state index contributed by atoms with van der Waals surface area (Å²) < 4.78 is 104. The van der Waals surface area contributed by atoms with Crippen LogP contribution in [-0.4, -0.2) is 209 Å². The molecule has 0 radical (unpaired) electrons. The number of likely N-dealkylation sites (tertiary alicyclic amines) is 2. The van der Waals surface area contributed by atoms with Gasteiger partial charge in [-0.05, 0) is 176 Å². The van der Waals surface area contributed by atoms with Gasteiger partial charge in [-0.25, -0.2) is 36.8 Å². The molecule has 2 aliphatic heterocycles. The van der Waals surface area contributed by atoms with Crippen molar-refractivity contribution in [1.29, 1.82) is 0 Å². The molecular formula is C107H132N6O25S2. The predicted octanol–water partition coefficient (Wildman–Crippen LogP) is 18.9. The van der Waals surface area contributed by atoms with Crippen molar-refractivity contribution in [2.75, 3.05) is 65.1 Å². The van der Waals surface area contributed by atoms with Gasteiger partial charge in [-0.3, -0.25) is 33.6 Å². The van der Waals surface area contributed by atoms with E-state index in [0.717, 1.165) is 58.0 Å². The van der Waals surface area contributed by atoms with Crippen LogP contribution in [0.3, 0.4) is 0 Å². The Hall–Kier alpha value is -13.1. The molecule has 140 heavy (non-hydrogen) atoms. The molecule has 8 aromatic carbocycles. The number of nitrogens with zero attached hydrogens (tertiary/aromatic N) is 6. The van der Waals surface area contributed by atoms with E-state index in [1.54, 1.807) is 140 Å². The highest BCUT2D eigenvalue weighted by atomic mass is 32.2. The fourth-order valence-electron chi connectivity index (χ4n) is 13.4. The molecule has 5 atom stereocenters. The SMILES string of the molecule is CC(C)C(=O)c1cc(O[C@@H](C)CCO)cc(O[C@@H](C)Cc2ccccc2)c1.CC(C)C(=O)c1cc(Oc2ccc(S(C)(=O)=O)cc2)cc(O[C@@H](C)CCO)c1.CC(C)C(=O)c1cc(Oc2ccc(S(C)(=O)=O)cc2)cc(O[C@@H](C)CO)c1.CC(C)C(=O)c1cc(Oc2cnc(C(=O)N3CCC3)cn2)cc(O[C@@H](C)CCO)c1.CC(C)Oc1cc(Oc2cnc(C(=O)N3CCC3)cn2)cc(C(=O)C(C)C)c1. The van der Waals surface area contributed by atoms with Crippen molar-refractivity contribution in [1.82, 2.24) is 29.7 Å². The van der Waals surface area contributed by atoms with Crippen molar-refractivity contribution in [2.45, 2.75) is 203 Å². The first-order chi connectivity index (χ1) is 66.3. The normalized spacial score (nSPS) is 13.3. The number of aliphatic hydroxyl groups is 4. The number of aromatic nitrogens is 4. The Morgan fingerprint density at radius 3 is 0.836 bits per heavy atom. The number of aliphatic hydroxyl groups excluding tert-OH is 4. The number of carbonyl (C=O) groups is 7. The Morgan fingerprint density at radius 1 is 0.314 bits per heavy atom. The van der Waals surface area contributed by atoms with Gasteiger partial charge in [-0.1, -0.05) is 99.6 Å².